The van der Waals surface area contributed by atoms with E-state index in [1.54, 1.807) is 0 Å². The smallest absolute Gasteiger partial charge is 0.314 e. The number of hydrogen-bond donors (Lipinski definition) is 3. The van der Waals surface area contributed by atoms with Crippen molar-refractivity contribution < 1.29 is 4.79 Å². The molecule has 0 aliphatic heterocycles. The van der Waals surface area contributed by atoms with Crippen LogP contribution < -0.4 is 10.6 Å². The van der Waals surface area contributed by atoms with E-state index in [1.165, 1.54) is 5.56 Å². The minimum absolute atomic E-state index is 0.109. The molecule has 0 spiro atoms. The van der Waals surface area contributed by atoms with E-state index in [0.29, 0.717) is 18.8 Å². The van der Waals surface area contributed by atoms with Gasteiger partial charge in [-0.05, 0) is 18.4 Å². The summed E-state index contributed by atoms with van der Waals surface area (Å²) in [4.78, 5) is 11.2. The van der Waals surface area contributed by atoms with E-state index in [0.717, 1.165) is 12.8 Å². The Balaban J connectivity index is 2.06. The quantitative estimate of drug-likeness (QED) is 0.514. The summed E-state index contributed by atoms with van der Waals surface area (Å²) in [5, 5.41) is 5.51. The maximum absolute atomic E-state index is 11.2. The number of amides is 2. The number of aryl methyl sites for hydroxylation is 1. The average Bonchev–Trinajstić information content (AvgIpc) is 2.33. The van der Waals surface area contributed by atoms with E-state index in [4.69, 9.17) is 0 Å². The number of thiol groups is 1. The van der Waals surface area contributed by atoms with Crippen molar-refractivity contribution >= 4 is 18.7 Å². The second-order valence-corrected chi connectivity index (χ2v) is 3.94. The first-order valence-corrected chi connectivity index (χ1v) is 6.12. The Kier molecular flexibility index (Phi) is 6.49. The molecular weight excluding hydrogens is 220 g/mol. The maximum Gasteiger partial charge on any atom is 0.314 e. The molecule has 0 radical (unpaired) electrons. The van der Waals surface area contributed by atoms with Crippen molar-refractivity contribution in [1.82, 2.24) is 10.6 Å². The van der Waals surface area contributed by atoms with Gasteiger partial charge in [0.05, 0.1) is 0 Å². The van der Waals surface area contributed by atoms with Crippen LogP contribution in [0, 0.1) is 0 Å². The number of benzene rings is 1. The van der Waals surface area contributed by atoms with Crippen LogP contribution >= 0.6 is 12.6 Å². The highest BCUT2D eigenvalue weighted by molar-refractivity contribution is 7.80. The summed E-state index contributed by atoms with van der Waals surface area (Å²) in [7, 11) is 0. The standard InChI is InChI=1S/C12H18N2OS/c15-12(14-9-10-16)13-8-4-7-11-5-2-1-3-6-11/h1-3,5-6,16H,4,7-10H2,(H2,13,14,15). The van der Waals surface area contributed by atoms with Gasteiger partial charge in [-0.1, -0.05) is 30.3 Å². The molecule has 16 heavy (non-hydrogen) atoms. The highest BCUT2D eigenvalue weighted by Gasteiger charge is 1.97. The lowest BCUT2D eigenvalue weighted by molar-refractivity contribution is 0.241. The van der Waals surface area contributed by atoms with Gasteiger partial charge in [0.2, 0.25) is 0 Å². The van der Waals surface area contributed by atoms with Gasteiger partial charge in [-0.25, -0.2) is 4.79 Å². The molecular formula is C12H18N2OS. The highest BCUT2D eigenvalue weighted by Crippen LogP contribution is 2.01. The van der Waals surface area contributed by atoms with E-state index in [1.807, 2.05) is 18.2 Å². The number of urea groups is 1. The minimum Gasteiger partial charge on any atom is -0.338 e. The molecule has 88 valence electrons. The zero-order valence-corrected chi connectivity index (χ0v) is 10.2. The van der Waals surface area contributed by atoms with Crippen LogP contribution in [-0.4, -0.2) is 24.9 Å². The Morgan fingerprint density at radius 1 is 1.12 bits per heavy atom. The molecule has 1 aromatic carbocycles. The molecule has 0 unspecified atom stereocenters. The predicted molar refractivity (Wildman–Crippen MR) is 70.0 cm³/mol. The number of nitrogens with one attached hydrogen (secondary N) is 2. The predicted octanol–water partition coefficient (Wildman–Crippen LogP) is 1.85. The Hall–Kier alpha value is -1.16. The lowest BCUT2D eigenvalue weighted by atomic mass is 10.1. The van der Waals surface area contributed by atoms with Crippen LogP contribution in [-0.2, 0) is 6.42 Å². The van der Waals surface area contributed by atoms with Gasteiger partial charge < -0.3 is 10.6 Å². The van der Waals surface area contributed by atoms with Crippen molar-refractivity contribution in [2.24, 2.45) is 0 Å². The molecule has 2 N–H and O–H groups in total. The van der Waals surface area contributed by atoms with E-state index in [2.05, 4.69) is 35.4 Å². The summed E-state index contributed by atoms with van der Waals surface area (Å²) in [6.45, 7) is 1.31. The van der Waals surface area contributed by atoms with Crippen molar-refractivity contribution in [3.05, 3.63) is 35.9 Å². The van der Waals surface area contributed by atoms with Crippen LogP contribution in [0.4, 0.5) is 4.79 Å². The molecule has 0 heterocycles. The van der Waals surface area contributed by atoms with Crippen molar-refractivity contribution in [2.45, 2.75) is 12.8 Å². The molecule has 0 fully saturated rings. The third-order valence-electron chi connectivity index (χ3n) is 2.17. The van der Waals surface area contributed by atoms with Gasteiger partial charge in [0.1, 0.15) is 0 Å². The van der Waals surface area contributed by atoms with E-state index in [-0.39, 0.29) is 6.03 Å². The fourth-order valence-electron chi connectivity index (χ4n) is 1.37. The van der Waals surface area contributed by atoms with Gasteiger partial charge in [0.15, 0.2) is 0 Å². The van der Waals surface area contributed by atoms with Crippen LogP contribution in [0.3, 0.4) is 0 Å². The van der Waals surface area contributed by atoms with Crippen molar-refractivity contribution in [3.63, 3.8) is 0 Å². The molecule has 0 saturated carbocycles. The summed E-state index contributed by atoms with van der Waals surface area (Å²) in [5.74, 6) is 0.664. The van der Waals surface area contributed by atoms with Gasteiger partial charge >= 0.3 is 6.03 Å². The van der Waals surface area contributed by atoms with Crippen LogP contribution in [0.25, 0.3) is 0 Å². The van der Waals surface area contributed by atoms with Crippen molar-refractivity contribution in [2.75, 3.05) is 18.8 Å². The van der Waals surface area contributed by atoms with Gasteiger partial charge in [-0.2, -0.15) is 12.6 Å². The second-order valence-electron chi connectivity index (χ2n) is 3.50. The first kappa shape index (κ1) is 12.9. The Labute approximate surface area is 102 Å². The van der Waals surface area contributed by atoms with Crippen molar-refractivity contribution in [3.8, 4) is 0 Å². The maximum atomic E-state index is 11.2. The van der Waals surface area contributed by atoms with Gasteiger partial charge in [0, 0.05) is 18.8 Å². The topological polar surface area (TPSA) is 41.1 Å². The number of hydrogen-bond acceptors (Lipinski definition) is 2. The molecule has 0 aromatic heterocycles. The van der Waals surface area contributed by atoms with Gasteiger partial charge in [-0.15, -0.1) is 0 Å². The Morgan fingerprint density at radius 2 is 1.81 bits per heavy atom. The molecule has 1 rings (SSSR count). The lowest BCUT2D eigenvalue weighted by Gasteiger charge is -2.06. The molecule has 0 bridgehead atoms. The molecule has 0 atom stereocenters. The Bertz CT molecular complexity index is 303. The largest absolute Gasteiger partial charge is 0.338 e. The summed E-state index contributed by atoms with van der Waals surface area (Å²) < 4.78 is 0. The normalized spacial score (nSPS) is 9.81. The van der Waals surface area contributed by atoms with E-state index in [9.17, 15) is 4.79 Å². The van der Waals surface area contributed by atoms with Crippen LogP contribution in [0.2, 0.25) is 0 Å². The first-order valence-electron chi connectivity index (χ1n) is 5.49. The average molecular weight is 238 g/mol. The SMILES string of the molecule is O=C(NCCS)NCCCc1ccccc1. The summed E-state index contributed by atoms with van der Waals surface area (Å²) >= 11 is 4.01. The third kappa shape index (κ3) is 5.66. The molecule has 1 aromatic rings. The first-order chi connectivity index (χ1) is 7.83. The van der Waals surface area contributed by atoms with Crippen molar-refractivity contribution in [1.29, 1.82) is 0 Å². The number of carbonyl (C=O) groups is 1. The highest BCUT2D eigenvalue weighted by atomic mass is 32.1. The molecule has 3 nitrogen and oxygen atoms in total. The molecule has 0 aliphatic rings. The monoisotopic (exact) mass is 238 g/mol. The summed E-state index contributed by atoms with van der Waals surface area (Å²) in [6.07, 6.45) is 1.95. The minimum atomic E-state index is -0.109. The van der Waals surface area contributed by atoms with Gasteiger partial charge in [-0.3, -0.25) is 0 Å². The second kappa shape index (κ2) is 8.05. The van der Waals surface area contributed by atoms with Crippen LogP contribution in [0.5, 0.6) is 0 Å². The lowest BCUT2D eigenvalue weighted by Crippen LogP contribution is -2.37. The third-order valence-corrected chi connectivity index (χ3v) is 2.39. The van der Waals surface area contributed by atoms with Crippen LogP contribution in [0.15, 0.2) is 30.3 Å². The van der Waals surface area contributed by atoms with E-state index >= 15 is 0 Å². The molecule has 0 saturated heterocycles. The molecule has 2 amide bonds. The fraction of sp³-hybridized carbons (Fsp3) is 0.417. The number of rotatable bonds is 6. The zero-order valence-electron chi connectivity index (χ0n) is 9.28. The zero-order chi connectivity index (χ0) is 11.6. The summed E-state index contributed by atoms with van der Waals surface area (Å²) in [5.41, 5.74) is 1.31. The summed E-state index contributed by atoms with van der Waals surface area (Å²) in [6, 6.07) is 10.2. The van der Waals surface area contributed by atoms with Crippen LogP contribution in [0.1, 0.15) is 12.0 Å². The number of carbonyl (C=O) groups excluding carboxylic acids is 1. The van der Waals surface area contributed by atoms with E-state index < -0.39 is 0 Å². The van der Waals surface area contributed by atoms with Gasteiger partial charge in [0.25, 0.3) is 0 Å². The Morgan fingerprint density at radius 3 is 2.50 bits per heavy atom. The molecule has 4 heteroatoms. The fourth-order valence-corrected chi connectivity index (χ4v) is 1.48. The molecule has 0 aliphatic carbocycles.